The van der Waals surface area contributed by atoms with Gasteiger partial charge in [0.25, 0.3) is 0 Å². The molecule has 0 aliphatic carbocycles. The van der Waals surface area contributed by atoms with Crippen molar-refractivity contribution in [2.75, 3.05) is 6.54 Å². The van der Waals surface area contributed by atoms with Crippen molar-refractivity contribution < 1.29 is 23.8 Å². The third-order valence-corrected chi connectivity index (χ3v) is 5.83. The Morgan fingerprint density at radius 3 is 2.54 bits per heavy atom. The number of aromatic nitrogens is 2. The summed E-state index contributed by atoms with van der Waals surface area (Å²) in [5, 5.41) is 10.4. The lowest BCUT2D eigenvalue weighted by atomic mass is 10.1. The number of fused-ring (bicyclic) bond motifs is 1. The van der Waals surface area contributed by atoms with E-state index in [9.17, 15) is 14.7 Å². The third-order valence-electron chi connectivity index (χ3n) is 5.83. The SMILES string of the molecule is Cc1ccc(OC(=O)N(CC(=O)O)Cc2ccc3ccn(CCCc4nc(C)oc4C)c3c2)cc1. The van der Waals surface area contributed by atoms with Crippen LogP contribution in [0.5, 0.6) is 5.75 Å². The zero-order valence-corrected chi connectivity index (χ0v) is 20.2. The summed E-state index contributed by atoms with van der Waals surface area (Å²) in [7, 11) is 0. The van der Waals surface area contributed by atoms with E-state index >= 15 is 0 Å². The number of carbonyl (C=O) groups is 2. The van der Waals surface area contributed by atoms with Crippen molar-refractivity contribution in [2.24, 2.45) is 0 Å². The number of amides is 1. The molecule has 2 heterocycles. The van der Waals surface area contributed by atoms with Crippen LogP contribution in [0.2, 0.25) is 0 Å². The fourth-order valence-electron chi connectivity index (χ4n) is 4.08. The molecule has 0 aliphatic rings. The van der Waals surface area contributed by atoms with Crippen molar-refractivity contribution in [1.29, 1.82) is 0 Å². The number of aryl methyl sites for hydroxylation is 5. The zero-order chi connectivity index (χ0) is 24.9. The lowest BCUT2D eigenvalue weighted by Crippen LogP contribution is -2.37. The Labute approximate surface area is 203 Å². The summed E-state index contributed by atoms with van der Waals surface area (Å²) in [6.45, 7) is 6.17. The first kappa shape index (κ1) is 24.1. The van der Waals surface area contributed by atoms with Gasteiger partial charge in [0.2, 0.25) is 0 Å². The van der Waals surface area contributed by atoms with Crippen molar-refractivity contribution in [3.63, 3.8) is 0 Å². The van der Waals surface area contributed by atoms with Gasteiger partial charge in [0.15, 0.2) is 5.89 Å². The fourth-order valence-corrected chi connectivity index (χ4v) is 4.08. The van der Waals surface area contributed by atoms with Crippen LogP contribution >= 0.6 is 0 Å². The highest BCUT2D eigenvalue weighted by Crippen LogP contribution is 2.21. The molecule has 1 N–H and O–H groups in total. The minimum absolute atomic E-state index is 0.121. The van der Waals surface area contributed by atoms with E-state index in [4.69, 9.17) is 9.15 Å². The molecule has 8 nitrogen and oxygen atoms in total. The number of carboxylic acid groups (broad SMARTS) is 1. The number of carbonyl (C=O) groups excluding carboxylic acids is 1. The number of oxazole rings is 1. The number of aliphatic carboxylic acids is 1. The molecule has 1 amide bonds. The summed E-state index contributed by atoms with van der Waals surface area (Å²) < 4.78 is 13.1. The van der Waals surface area contributed by atoms with Crippen LogP contribution in [-0.4, -0.2) is 38.2 Å². The first-order chi connectivity index (χ1) is 16.8. The normalized spacial score (nSPS) is 11.1. The zero-order valence-electron chi connectivity index (χ0n) is 20.2. The van der Waals surface area contributed by atoms with Crippen LogP contribution in [-0.2, 0) is 24.3 Å². The molecule has 8 heteroatoms. The van der Waals surface area contributed by atoms with Gasteiger partial charge >= 0.3 is 12.1 Å². The number of ether oxygens (including phenoxy) is 1. The maximum absolute atomic E-state index is 12.7. The number of hydrogen-bond acceptors (Lipinski definition) is 5. The Kier molecular flexibility index (Phi) is 7.19. The summed E-state index contributed by atoms with van der Waals surface area (Å²) in [5.41, 5.74) is 3.87. The van der Waals surface area contributed by atoms with Crippen molar-refractivity contribution in [3.8, 4) is 5.75 Å². The van der Waals surface area contributed by atoms with Gasteiger partial charge in [0.05, 0.1) is 5.69 Å². The second-order valence-electron chi connectivity index (χ2n) is 8.67. The molecule has 0 bridgehead atoms. The Morgan fingerprint density at radius 1 is 1.09 bits per heavy atom. The van der Waals surface area contributed by atoms with Crippen LogP contribution < -0.4 is 4.74 Å². The molecule has 4 rings (SSSR count). The van der Waals surface area contributed by atoms with E-state index in [-0.39, 0.29) is 6.54 Å². The summed E-state index contributed by atoms with van der Waals surface area (Å²) in [6.07, 6.45) is 3.05. The molecule has 182 valence electrons. The molecular weight excluding hydrogens is 446 g/mol. The van der Waals surface area contributed by atoms with E-state index < -0.39 is 18.6 Å². The Bertz CT molecular complexity index is 1340. The second kappa shape index (κ2) is 10.5. The quantitative estimate of drug-likeness (QED) is 0.354. The first-order valence-electron chi connectivity index (χ1n) is 11.5. The summed E-state index contributed by atoms with van der Waals surface area (Å²) in [6, 6.07) is 15.0. The Hall–Kier alpha value is -4.07. The van der Waals surface area contributed by atoms with Gasteiger partial charge in [0, 0.05) is 31.7 Å². The monoisotopic (exact) mass is 475 g/mol. The van der Waals surface area contributed by atoms with Crippen LogP contribution in [0.25, 0.3) is 10.9 Å². The summed E-state index contributed by atoms with van der Waals surface area (Å²) in [5.74, 6) is 0.810. The predicted octanol–water partition coefficient (Wildman–Crippen LogP) is 5.27. The maximum Gasteiger partial charge on any atom is 0.416 e. The van der Waals surface area contributed by atoms with Crippen molar-refractivity contribution in [2.45, 2.75) is 46.7 Å². The van der Waals surface area contributed by atoms with Crippen LogP contribution in [0, 0.1) is 20.8 Å². The van der Waals surface area contributed by atoms with Gasteiger partial charge in [-0.1, -0.05) is 29.8 Å². The van der Waals surface area contributed by atoms with Gasteiger partial charge in [-0.15, -0.1) is 0 Å². The second-order valence-corrected chi connectivity index (χ2v) is 8.67. The standard InChI is InChI=1S/C27H29N3O5/c1-18-6-10-23(11-7-18)35-27(33)30(17-26(31)32)16-21-8-9-22-12-14-29(25(22)15-21)13-4-5-24-19(2)34-20(3)28-24/h6-12,14-15H,4-5,13,16-17H2,1-3H3,(H,31,32). The van der Waals surface area contributed by atoms with E-state index in [0.717, 1.165) is 52.9 Å². The first-order valence-corrected chi connectivity index (χ1v) is 11.5. The lowest BCUT2D eigenvalue weighted by Gasteiger charge is -2.20. The van der Waals surface area contributed by atoms with E-state index in [1.54, 1.807) is 12.1 Å². The average molecular weight is 476 g/mol. The fraction of sp³-hybridized carbons (Fsp3) is 0.296. The number of benzene rings is 2. The minimum Gasteiger partial charge on any atom is -0.480 e. The topological polar surface area (TPSA) is 97.8 Å². The molecule has 35 heavy (non-hydrogen) atoms. The van der Waals surface area contributed by atoms with E-state index in [1.807, 2.05) is 63.4 Å². The molecule has 2 aromatic carbocycles. The molecule has 0 saturated carbocycles. The molecule has 0 fully saturated rings. The number of nitrogens with zero attached hydrogens (tertiary/aromatic N) is 3. The Balaban J connectivity index is 1.46. The van der Waals surface area contributed by atoms with Gasteiger partial charge in [0.1, 0.15) is 18.1 Å². The van der Waals surface area contributed by atoms with Crippen LogP contribution in [0.3, 0.4) is 0 Å². The highest BCUT2D eigenvalue weighted by atomic mass is 16.6. The van der Waals surface area contributed by atoms with Crippen LogP contribution in [0.15, 0.2) is 59.1 Å². The summed E-state index contributed by atoms with van der Waals surface area (Å²) >= 11 is 0. The van der Waals surface area contributed by atoms with Gasteiger partial charge in [-0.3, -0.25) is 9.69 Å². The highest BCUT2D eigenvalue weighted by molar-refractivity contribution is 5.81. The third kappa shape index (κ3) is 6.09. The predicted molar refractivity (Wildman–Crippen MR) is 131 cm³/mol. The van der Waals surface area contributed by atoms with Gasteiger partial charge in [-0.2, -0.15) is 0 Å². The van der Waals surface area contributed by atoms with Gasteiger partial charge in [-0.05, 0) is 61.9 Å². The number of hydrogen-bond donors (Lipinski definition) is 1. The van der Waals surface area contributed by atoms with E-state index in [0.29, 0.717) is 11.6 Å². The molecule has 0 saturated heterocycles. The molecule has 0 unspecified atom stereocenters. The molecule has 0 radical (unpaired) electrons. The van der Waals surface area contributed by atoms with E-state index in [2.05, 4.69) is 9.55 Å². The Morgan fingerprint density at radius 2 is 1.86 bits per heavy atom. The minimum atomic E-state index is -1.10. The molecule has 2 aromatic heterocycles. The van der Waals surface area contributed by atoms with E-state index in [1.165, 1.54) is 4.90 Å². The lowest BCUT2D eigenvalue weighted by molar-refractivity contribution is -0.138. The van der Waals surface area contributed by atoms with Crippen molar-refractivity contribution >= 4 is 23.0 Å². The van der Waals surface area contributed by atoms with Gasteiger partial charge in [-0.25, -0.2) is 9.78 Å². The number of carboxylic acids is 1. The average Bonchev–Trinajstić information content (AvgIpc) is 3.36. The van der Waals surface area contributed by atoms with Crippen LogP contribution in [0.4, 0.5) is 4.79 Å². The highest BCUT2D eigenvalue weighted by Gasteiger charge is 2.20. The maximum atomic E-state index is 12.7. The molecule has 0 spiro atoms. The molecule has 0 atom stereocenters. The smallest absolute Gasteiger partial charge is 0.416 e. The summed E-state index contributed by atoms with van der Waals surface area (Å²) in [4.78, 5) is 29.8. The number of rotatable bonds is 9. The van der Waals surface area contributed by atoms with Crippen molar-refractivity contribution in [1.82, 2.24) is 14.5 Å². The molecule has 4 aromatic rings. The molecule has 0 aliphatic heterocycles. The van der Waals surface area contributed by atoms with Gasteiger partial charge < -0.3 is 18.8 Å². The van der Waals surface area contributed by atoms with Crippen LogP contribution in [0.1, 0.15) is 34.9 Å². The van der Waals surface area contributed by atoms with Crippen molar-refractivity contribution in [3.05, 3.63) is 83.2 Å². The largest absolute Gasteiger partial charge is 0.480 e. The molecular formula is C27H29N3O5.